The van der Waals surface area contributed by atoms with E-state index in [0.717, 1.165) is 30.8 Å². The second-order valence-electron chi connectivity index (χ2n) is 8.62. The van der Waals surface area contributed by atoms with Crippen molar-refractivity contribution in [3.8, 4) is 0 Å². The molecule has 0 radical (unpaired) electrons. The van der Waals surface area contributed by atoms with Gasteiger partial charge in [0.15, 0.2) is 5.82 Å². The monoisotopic (exact) mass is 515 g/mol. The number of aromatic nitrogens is 3. The van der Waals surface area contributed by atoms with Crippen LogP contribution in [0, 0.1) is 0 Å². The van der Waals surface area contributed by atoms with Gasteiger partial charge in [0.25, 0.3) is 5.91 Å². The van der Waals surface area contributed by atoms with Crippen LogP contribution < -0.4 is 15.5 Å². The topological polar surface area (TPSA) is 95.4 Å². The number of aryl methyl sites for hydroxylation is 1. The first-order valence-corrected chi connectivity index (χ1v) is 12.0. The third-order valence-corrected chi connectivity index (χ3v) is 5.97. The highest BCUT2D eigenvalue weighted by Gasteiger charge is 2.30. The van der Waals surface area contributed by atoms with E-state index in [9.17, 15) is 22.8 Å². The Balaban J connectivity index is 1.41. The van der Waals surface area contributed by atoms with E-state index < -0.39 is 17.8 Å². The zero-order valence-electron chi connectivity index (χ0n) is 20.3. The fourth-order valence-corrected chi connectivity index (χ4v) is 3.99. The van der Waals surface area contributed by atoms with Crippen molar-refractivity contribution in [1.29, 1.82) is 0 Å². The van der Waals surface area contributed by atoms with Gasteiger partial charge in [0.1, 0.15) is 5.82 Å². The van der Waals surface area contributed by atoms with Gasteiger partial charge in [-0.2, -0.15) is 13.2 Å². The average Bonchev–Trinajstić information content (AvgIpc) is 3.29. The molecule has 2 N–H and O–H groups in total. The Kier molecular flexibility index (Phi) is 7.95. The van der Waals surface area contributed by atoms with Crippen molar-refractivity contribution in [1.82, 2.24) is 19.4 Å². The van der Waals surface area contributed by atoms with Gasteiger partial charge < -0.3 is 19.7 Å². The lowest BCUT2D eigenvalue weighted by Gasteiger charge is -2.35. The summed E-state index contributed by atoms with van der Waals surface area (Å²) in [5.74, 6) is 1.04. The van der Waals surface area contributed by atoms with Crippen molar-refractivity contribution >= 4 is 29.3 Å². The minimum absolute atomic E-state index is 0.177. The molecule has 0 aliphatic carbocycles. The van der Waals surface area contributed by atoms with Gasteiger partial charge in [-0.1, -0.05) is 19.4 Å². The molecule has 37 heavy (non-hydrogen) atoms. The molecule has 3 amide bonds. The van der Waals surface area contributed by atoms with Gasteiger partial charge in [-0.05, 0) is 42.8 Å². The average molecular weight is 516 g/mol. The molecule has 9 nitrogen and oxygen atoms in total. The van der Waals surface area contributed by atoms with Gasteiger partial charge in [-0.3, -0.25) is 10.1 Å². The van der Waals surface area contributed by atoms with Crippen LogP contribution in [-0.4, -0.2) is 57.6 Å². The van der Waals surface area contributed by atoms with Crippen LogP contribution in [0.15, 0.2) is 54.9 Å². The molecule has 0 atom stereocenters. The van der Waals surface area contributed by atoms with E-state index in [1.807, 2.05) is 25.1 Å². The Morgan fingerprint density at radius 1 is 1.00 bits per heavy atom. The number of hydrogen-bond donors (Lipinski definition) is 2. The van der Waals surface area contributed by atoms with Crippen LogP contribution >= 0.6 is 0 Å². The molecule has 1 fully saturated rings. The molecule has 0 saturated carbocycles. The molecule has 2 aromatic heterocycles. The molecule has 4 rings (SSSR count). The number of carbonyl (C=O) groups is 2. The maximum atomic E-state index is 13.3. The van der Waals surface area contributed by atoms with Crippen molar-refractivity contribution in [2.75, 3.05) is 41.7 Å². The molecule has 3 aromatic rings. The molecule has 0 bridgehead atoms. The number of anilines is 3. The Bertz CT molecular complexity index is 1210. The number of alkyl halides is 3. The summed E-state index contributed by atoms with van der Waals surface area (Å²) in [6, 6.07) is 9.15. The van der Waals surface area contributed by atoms with E-state index in [-0.39, 0.29) is 23.2 Å². The number of pyridine rings is 1. The lowest BCUT2D eigenvalue weighted by atomic mass is 10.2. The lowest BCUT2D eigenvalue weighted by Crippen LogP contribution is -2.49. The molecule has 0 unspecified atom stereocenters. The van der Waals surface area contributed by atoms with E-state index in [1.165, 1.54) is 12.1 Å². The van der Waals surface area contributed by atoms with Gasteiger partial charge in [0.05, 0.1) is 5.56 Å². The van der Waals surface area contributed by atoms with Crippen LogP contribution in [-0.2, 0) is 12.7 Å². The molecule has 196 valence electrons. The summed E-state index contributed by atoms with van der Waals surface area (Å²) in [5, 5.41) is 5.05. The zero-order valence-corrected chi connectivity index (χ0v) is 20.3. The lowest BCUT2D eigenvalue weighted by molar-refractivity contribution is -0.137. The van der Waals surface area contributed by atoms with Crippen molar-refractivity contribution in [2.24, 2.45) is 0 Å². The molecule has 0 spiro atoms. The van der Waals surface area contributed by atoms with E-state index in [1.54, 1.807) is 21.9 Å². The fourth-order valence-electron chi connectivity index (χ4n) is 3.99. The maximum absolute atomic E-state index is 13.3. The van der Waals surface area contributed by atoms with Crippen LogP contribution in [0.25, 0.3) is 0 Å². The minimum atomic E-state index is -4.46. The van der Waals surface area contributed by atoms with Gasteiger partial charge in [0.2, 0.25) is 5.82 Å². The van der Waals surface area contributed by atoms with Crippen molar-refractivity contribution in [3.63, 3.8) is 0 Å². The smallest absolute Gasteiger partial charge is 0.353 e. The second-order valence-corrected chi connectivity index (χ2v) is 8.62. The Morgan fingerprint density at radius 2 is 1.73 bits per heavy atom. The first kappa shape index (κ1) is 26.0. The summed E-state index contributed by atoms with van der Waals surface area (Å²) in [7, 11) is 0. The van der Waals surface area contributed by atoms with Crippen LogP contribution in [0.3, 0.4) is 0 Å². The Morgan fingerprint density at radius 3 is 2.35 bits per heavy atom. The summed E-state index contributed by atoms with van der Waals surface area (Å²) >= 11 is 0. The highest BCUT2D eigenvalue weighted by atomic mass is 19.4. The number of urea groups is 1. The Hall–Kier alpha value is -4.09. The SMILES string of the molecule is CCCCn1cc(NC(=O)Nc2ccc(C(F)(F)F)cc2)nc1C(=O)N1CCN(c2ccccn2)CC1. The number of nitrogens with zero attached hydrogens (tertiary/aromatic N) is 5. The molecule has 1 saturated heterocycles. The predicted octanol–water partition coefficient (Wildman–Crippen LogP) is 4.70. The van der Waals surface area contributed by atoms with Gasteiger partial charge in [-0.15, -0.1) is 0 Å². The van der Waals surface area contributed by atoms with Crippen LogP contribution in [0.2, 0.25) is 0 Å². The van der Waals surface area contributed by atoms with E-state index in [4.69, 9.17) is 0 Å². The number of unbranched alkanes of at least 4 members (excludes halogenated alkanes) is 1. The fraction of sp³-hybridized carbons (Fsp3) is 0.360. The van der Waals surface area contributed by atoms with Crippen LogP contribution in [0.5, 0.6) is 0 Å². The third kappa shape index (κ3) is 6.57. The highest BCUT2D eigenvalue weighted by molar-refractivity contribution is 5.99. The number of rotatable bonds is 7. The molecule has 1 aliphatic heterocycles. The molecule has 1 aliphatic rings. The number of imidazole rings is 1. The highest BCUT2D eigenvalue weighted by Crippen LogP contribution is 2.29. The van der Waals surface area contributed by atoms with Crippen LogP contribution in [0.1, 0.15) is 35.9 Å². The standard InChI is InChI=1S/C25H28F3N7O2/c1-2-3-12-35-17-20(32-24(37)30-19-9-7-18(8-10-19)25(26,27)28)31-22(35)23(36)34-15-13-33(14-16-34)21-6-4-5-11-29-21/h4-11,17H,2-3,12-16H2,1H3,(H2,30,32,37). The van der Waals surface area contributed by atoms with Gasteiger partial charge in [0, 0.05) is 50.8 Å². The second kappa shape index (κ2) is 11.3. The summed E-state index contributed by atoms with van der Waals surface area (Å²) in [4.78, 5) is 38.3. The largest absolute Gasteiger partial charge is 0.416 e. The van der Waals surface area contributed by atoms with E-state index in [0.29, 0.717) is 32.7 Å². The molecule has 3 heterocycles. The van der Waals surface area contributed by atoms with Gasteiger partial charge in [-0.25, -0.2) is 14.8 Å². The third-order valence-electron chi connectivity index (χ3n) is 5.97. The van der Waals surface area contributed by atoms with Crippen molar-refractivity contribution in [2.45, 2.75) is 32.5 Å². The summed E-state index contributed by atoms with van der Waals surface area (Å²) < 4.78 is 40.0. The van der Waals surface area contributed by atoms with Crippen LogP contribution in [0.4, 0.5) is 35.3 Å². The minimum Gasteiger partial charge on any atom is -0.353 e. The number of amides is 3. The number of hydrogen-bond acceptors (Lipinski definition) is 5. The summed E-state index contributed by atoms with van der Waals surface area (Å²) in [6.07, 6.45) is 0.603. The molecular formula is C25H28F3N7O2. The van der Waals surface area contributed by atoms with Crippen molar-refractivity contribution in [3.05, 3.63) is 66.2 Å². The van der Waals surface area contributed by atoms with Crippen molar-refractivity contribution < 1.29 is 22.8 Å². The van der Waals surface area contributed by atoms with E-state index in [2.05, 4.69) is 25.5 Å². The number of benzene rings is 1. The Labute approximate surface area is 212 Å². The molecule has 12 heteroatoms. The summed E-state index contributed by atoms with van der Waals surface area (Å²) in [5.41, 5.74) is -0.616. The number of halogens is 3. The molecular weight excluding hydrogens is 487 g/mol. The zero-order chi connectivity index (χ0) is 26.4. The number of carbonyl (C=O) groups excluding carboxylic acids is 2. The first-order valence-electron chi connectivity index (χ1n) is 12.0. The normalized spacial score (nSPS) is 13.9. The number of piperazine rings is 1. The van der Waals surface area contributed by atoms with E-state index >= 15 is 0 Å². The maximum Gasteiger partial charge on any atom is 0.416 e. The number of nitrogens with one attached hydrogen (secondary N) is 2. The van der Waals surface area contributed by atoms with Gasteiger partial charge >= 0.3 is 12.2 Å². The summed E-state index contributed by atoms with van der Waals surface area (Å²) in [6.45, 7) is 4.88. The first-order chi connectivity index (χ1) is 17.7. The quantitative estimate of drug-likeness (QED) is 0.476. The molecule has 1 aromatic carbocycles. The predicted molar refractivity (Wildman–Crippen MR) is 134 cm³/mol.